The molecule has 0 aromatic heterocycles. The molecule has 0 saturated carbocycles. The zero-order valence-electron chi connectivity index (χ0n) is 8.74. The number of esters is 1. The topological polar surface area (TPSA) is 55.4 Å². The molecular formula is C11H13NO3. The summed E-state index contributed by atoms with van der Waals surface area (Å²) in [5, 5.41) is 2.52. The molecular weight excluding hydrogens is 194 g/mol. The van der Waals surface area contributed by atoms with Crippen LogP contribution in [-0.4, -0.2) is 26.0 Å². The first-order valence-corrected chi connectivity index (χ1v) is 4.55. The van der Waals surface area contributed by atoms with Crippen LogP contribution in [0.4, 0.5) is 0 Å². The molecule has 0 aliphatic heterocycles. The van der Waals surface area contributed by atoms with E-state index in [9.17, 15) is 9.59 Å². The molecule has 0 unspecified atom stereocenters. The number of carbonyl (C=O) groups is 2. The number of hydrogen-bond donors (Lipinski definition) is 1. The highest BCUT2D eigenvalue weighted by atomic mass is 16.5. The quantitative estimate of drug-likeness (QED) is 0.744. The molecule has 1 N–H and O–H groups in total. The third kappa shape index (κ3) is 3.09. The normalized spacial score (nSPS) is 9.47. The van der Waals surface area contributed by atoms with Crippen LogP contribution in [0.5, 0.6) is 0 Å². The smallest absolute Gasteiger partial charge is 0.309 e. The maximum Gasteiger partial charge on any atom is 0.309 e. The third-order valence-electron chi connectivity index (χ3n) is 2.02. The first kappa shape index (κ1) is 11.2. The first-order chi connectivity index (χ1) is 7.17. The van der Waals surface area contributed by atoms with Crippen LogP contribution in [0, 0.1) is 0 Å². The molecule has 80 valence electrons. The Morgan fingerprint density at radius 1 is 1.27 bits per heavy atom. The van der Waals surface area contributed by atoms with Crippen molar-refractivity contribution >= 4 is 11.9 Å². The minimum absolute atomic E-state index is 0.139. The van der Waals surface area contributed by atoms with Crippen LogP contribution in [0.1, 0.15) is 15.9 Å². The molecule has 4 heteroatoms. The molecule has 1 rings (SSSR count). The van der Waals surface area contributed by atoms with E-state index in [2.05, 4.69) is 10.1 Å². The lowest BCUT2D eigenvalue weighted by atomic mass is 10.1. The SMILES string of the molecule is CNC(=O)c1ccc(CC(=O)OC)cc1. The van der Waals surface area contributed by atoms with Crippen LogP contribution in [0.3, 0.4) is 0 Å². The van der Waals surface area contributed by atoms with E-state index in [1.165, 1.54) is 7.11 Å². The van der Waals surface area contributed by atoms with E-state index in [0.29, 0.717) is 5.56 Å². The Morgan fingerprint density at radius 2 is 1.87 bits per heavy atom. The highest BCUT2D eigenvalue weighted by Gasteiger charge is 2.05. The molecule has 15 heavy (non-hydrogen) atoms. The molecule has 0 aliphatic carbocycles. The lowest BCUT2D eigenvalue weighted by Crippen LogP contribution is -2.17. The van der Waals surface area contributed by atoms with Gasteiger partial charge in [0.1, 0.15) is 0 Å². The molecule has 1 aromatic rings. The summed E-state index contributed by atoms with van der Waals surface area (Å²) < 4.78 is 4.53. The van der Waals surface area contributed by atoms with Gasteiger partial charge in [-0.15, -0.1) is 0 Å². The number of rotatable bonds is 3. The molecule has 0 aliphatic rings. The Morgan fingerprint density at radius 3 is 2.33 bits per heavy atom. The lowest BCUT2D eigenvalue weighted by Gasteiger charge is -2.02. The average molecular weight is 207 g/mol. The Hall–Kier alpha value is -1.84. The van der Waals surface area contributed by atoms with Gasteiger partial charge in [0.05, 0.1) is 13.5 Å². The molecule has 1 aromatic carbocycles. The van der Waals surface area contributed by atoms with Crippen LogP contribution in [-0.2, 0) is 16.0 Å². The van der Waals surface area contributed by atoms with Gasteiger partial charge >= 0.3 is 5.97 Å². The van der Waals surface area contributed by atoms with Gasteiger partial charge in [0, 0.05) is 12.6 Å². The summed E-state index contributed by atoms with van der Waals surface area (Å²) in [6.45, 7) is 0. The molecule has 4 nitrogen and oxygen atoms in total. The summed E-state index contributed by atoms with van der Waals surface area (Å²) in [4.78, 5) is 22.2. The minimum Gasteiger partial charge on any atom is -0.469 e. The molecule has 0 heterocycles. The van der Waals surface area contributed by atoms with Crippen molar-refractivity contribution in [3.63, 3.8) is 0 Å². The summed E-state index contributed by atoms with van der Waals surface area (Å²) in [5.41, 5.74) is 1.40. The predicted molar refractivity (Wildman–Crippen MR) is 55.6 cm³/mol. The number of ether oxygens (including phenoxy) is 1. The molecule has 1 amide bonds. The molecule has 0 atom stereocenters. The molecule has 0 spiro atoms. The zero-order chi connectivity index (χ0) is 11.3. The standard InChI is InChI=1S/C11H13NO3/c1-12-11(14)9-5-3-8(4-6-9)7-10(13)15-2/h3-6H,7H2,1-2H3,(H,12,14). The van der Waals surface area contributed by atoms with E-state index in [-0.39, 0.29) is 18.3 Å². The van der Waals surface area contributed by atoms with Crippen molar-refractivity contribution in [1.82, 2.24) is 5.32 Å². The van der Waals surface area contributed by atoms with Gasteiger partial charge in [-0.05, 0) is 17.7 Å². The van der Waals surface area contributed by atoms with Crippen LogP contribution >= 0.6 is 0 Å². The van der Waals surface area contributed by atoms with Gasteiger partial charge in [0.25, 0.3) is 5.91 Å². The van der Waals surface area contributed by atoms with Crippen molar-refractivity contribution in [3.05, 3.63) is 35.4 Å². The van der Waals surface area contributed by atoms with Gasteiger partial charge in [0.2, 0.25) is 0 Å². The highest BCUT2D eigenvalue weighted by Crippen LogP contribution is 2.05. The number of benzene rings is 1. The Kier molecular flexibility index (Phi) is 3.85. The van der Waals surface area contributed by atoms with Crippen LogP contribution < -0.4 is 5.32 Å². The number of hydrogen-bond acceptors (Lipinski definition) is 3. The highest BCUT2D eigenvalue weighted by molar-refractivity contribution is 5.94. The summed E-state index contributed by atoms with van der Waals surface area (Å²) in [7, 11) is 2.92. The summed E-state index contributed by atoms with van der Waals surface area (Å²) in [5.74, 6) is -0.428. The molecule has 0 fully saturated rings. The number of carbonyl (C=O) groups excluding carboxylic acids is 2. The third-order valence-corrected chi connectivity index (χ3v) is 2.02. The maximum atomic E-state index is 11.2. The van der Waals surface area contributed by atoms with Crippen LogP contribution in [0.2, 0.25) is 0 Å². The van der Waals surface area contributed by atoms with Crippen LogP contribution in [0.25, 0.3) is 0 Å². The Bertz CT molecular complexity index is 357. The molecule has 0 saturated heterocycles. The average Bonchev–Trinajstić information content (AvgIpc) is 2.29. The molecule has 0 radical (unpaired) electrons. The van der Waals surface area contributed by atoms with Gasteiger partial charge in [-0.25, -0.2) is 0 Å². The van der Waals surface area contributed by atoms with E-state index in [4.69, 9.17) is 0 Å². The van der Waals surface area contributed by atoms with Crippen molar-refractivity contribution in [2.24, 2.45) is 0 Å². The lowest BCUT2D eigenvalue weighted by molar-refractivity contribution is -0.139. The first-order valence-electron chi connectivity index (χ1n) is 4.55. The second-order valence-corrected chi connectivity index (χ2v) is 3.03. The second-order valence-electron chi connectivity index (χ2n) is 3.03. The van der Waals surface area contributed by atoms with Crippen molar-refractivity contribution < 1.29 is 14.3 Å². The van der Waals surface area contributed by atoms with E-state index >= 15 is 0 Å². The molecule has 0 bridgehead atoms. The number of nitrogens with one attached hydrogen (secondary N) is 1. The largest absolute Gasteiger partial charge is 0.469 e. The summed E-state index contributed by atoms with van der Waals surface area (Å²) >= 11 is 0. The van der Waals surface area contributed by atoms with Crippen molar-refractivity contribution in [1.29, 1.82) is 0 Å². The fourth-order valence-corrected chi connectivity index (χ4v) is 1.16. The maximum absolute atomic E-state index is 11.2. The van der Waals surface area contributed by atoms with E-state index in [1.807, 2.05) is 0 Å². The fourth-order valence-electron chi connectivity index (χ4n) is 1.16. The van der Waals surface area contributed by atoms with Gasteiger partial charge in [0.15, 0.2) is 0 Å². The van der Waals surface area contributed by atoms with E-state index < -0.39 is 0 Å². The summed E-state index contributed by atoms with van der Waals surface area (Å²) in [6, 6.07) is 6.83. The fraction of sp³-hybridized carbons (Fsp3) is 0.273. The summed E-state index contributed by atoms with van der Waals surface area (Å²) in [6.07, 6.45) is 0.227. The predicted octanol–water partition coefficient (Wildman–Crippen LogP) is 0.762. The van der Waals surface area contributed by atoms with Gasteiger partial charge < -0.3 is 10.1 Å². The zero-order valence-corrected chi connectivity index (χ0v) is 8.74. The second kappa shape index (κ2) is 5.14. The van der Waals surface area contributed by atoms with E-state index in [0.717, 1.165) is 5.56 Å². The Labute approximate surface area is 88.2 Å². The monoisotopic (exact) mass is 207 g/mol. The van der Waals surface area contributed by atoms with Crippen LogP contribution in [0.15, 0.2) is 24.3 Å². The number of methoxy groups -OCH3 is 1. The van der Waals surface area contributed by atoms with E-state index in [1.54, 1.807) is 31.3 Å². The van der Waals surface area contributed by atoms with Gasteiger partial charge in [-0.1, -0.05) is 12.1 Å². The Balaban J connectivity index is 2.72. The van der Waals surface area contributed by atoms with Gasteiger partial charge in [-0.2, -0.15) is 0 Å². The van der Waals surface area contributed by atoms with Crippen molar-refractivity contribution in [2.75, 3.05) is 14.2 Å². The van der Waals surface area contributed by atoms with Crippen molar-refractivity contribution in [3.8, 4) is 0 Å². The van der Waals surface area contributed by atoms with Crippen molar-refractivity contribution in [2.45, 2.75) is 6.42 Å². The number of amides is 1. The minimum atomic E-state index is -0.289. The van der Waals surface area contributed by atoms with Gasteiger partial charge in [-0.3, -0.25) is 9.59 Å².